The van der Waals surface area contributed by atoms with Crippen LogP contribution in [-0.4, -0.2) is 37.5 Å². The predicted molar refractivity (Wildman–Crippen MR) is 55.1 cm³/mol. The summed E-state index contributed by atoms with van der Waals surface area (Å²) in [6.07, 6.45) is 0.927. The van der Waals surface area contributed by atoms with Gasteiger partial charge in [0.15, 0.2) is 0 Å². The van der Waals surface area contributed by atoms with E-state index in [2.05, 4.69) is 23.1 Å². The standard InChI is InChI=1S/C11H13N2O.Re/c14-10-12-6-8-13(9-7-12)11-4-2-1-3-5-11;/h2-5,10H,6-9H2;/q-1;. The van der Waals surface area contributed by atoms with Gasteiger partial charge in [-0.2, -0.15) is 18.2 Å². The first kappa shape index (κ1) is 12.2. The van der Waals surface area contributed by atoms with Crippen LogP contribution in [0.3, 0.4) is 0 Å². The SMILES string of the molecule is O=CN1CCN(c2cc[c-]cc2)CC1.[Re]. The summed E-state index contributed by atoms with van der Waals surface area (Å²) in [5.74, 6) is 0. The molecule has 2 rings (SSSR count). The summed E-state index contributed by atoms with van der Waals surface area (Å²) in [6.45, 7) is 3.48. The number of hydrogen-bond acceptors (Lipinski definition) is 2. The summed E-state index contributed by atoms with van der Waals surface area (Å²) in [4.78, 5) is 14.6. The molecule has 0 spiro atoms. The molecule has 1 aromatic carbocycles. The van der Waals surface area contributed by atoms with E-state index in [4.69, 9.17) is 0 Å². The van der Waals surface area contributed by atoms with Gasteiger partial charge in [0.05, 0.1) is 0 Å². The van der Waals surface area contributed by atoms with Gasteiger partial charge in [-0.15, -0.1) is 12.1 Å². The van der Waals surface area contributed by atoms with Crippen molar-refractivity contribution in [2.75, 3.05) is 31.1 Å². The van der Waals surface area contributed by atoms with Gasteiger partial charge in [-0.25, -0.2) is 0 Å². The Balaban J connectivity index is 0.00000112. The van der Waals surface area contributed by atoms with Crippen LogP contribution in [0.4, 0.5) is 5.69 Å². The average Bonchev–Trinajstić information content (AvgIpc) is 2.30. The molecule has 0 aromatic heterocycles. The molecular formula is C11H13N2ORe-. The third-order valence-electron chi connectivity index (χ3n) is 2.53. The number of carbonyl (C=O) groups is 1. The Hall–Kier alpha value is -0.848. The fourth-order valence-corrected chi connectivity index (χ4v) is 1.67. The smallest absolute Gasteiger partial charge is 0.209 e. The van der Waals surface area contributed by atoms with E-state index in [1.54, 1.807) is 0 Å². The minimum absolute atomic E-state index is 0. The number of carbonyl (C=O) groups excluding carboxylic acids is 1. The van der Waals surface area contributed by atoms with Crippen molar-refractivity contribution in [3.8, 4) is 0 Å². The second-order valence-corrected chi connectivity index (χ2v) is 3.39. The van der Waals surface area contributed by atoms with Crippen molar-refractivity contribution in [1.29, 1.82) is 0 Å². The van der Waals surface area contributed by atoms with Gasteiger partial charge < -0.3 is 9.80 Å². The minimum atomic E-state index is 0. The summed E-state index contributed by atoms with van der Waals surface area (Å²) in [5, 5.41) is 0. The second-order valence-electron chi connectivity index (χ2n) is 3.39. The molecule has 1 amide bonds. The third kappa shape index (κ3) is 3.05. The molecule has 0 unspecified atom stereocenters. The first-order valence-electron chi connectivity index (χ1n) is 4.80. The molecule has 1 heterocycles. The Morgan fingerprint density at radius 1 is 1.13 bits per heavy atom. The molecule has 0 atom stereocenters. The Kier molecular flexibility index (Phi) is 4.80. The molecule has 0 N–H and O–H groups in total. The number of rotatable bonds is 2. The van der Waals surface area contributed by atoms with Crippen LogP contribution >= 0.6 is 0 Å². The third-order valence-corrected chi connectivity index (χ3v) is 2.53. The van der Waals surface area contributed by atoms with Crippen LogP contribution < -0.4 is 4.90 Å². The number of hydrogen-bond donors (Lipinski definition) is 0. The van der Waals surface area contributed by atoms with E-state index in [0.29, 0.717) is 0 Å². The van der Waals surface area contributed by atoms with Gasteiger partial charge in [-0.3, -0.25) is 4.79 Å². The molecule has 1 radical (unpaired) electrons. The van der Waals surface area contributed by atoms with Crippen molar-refractivity contribution in [1.82, 2.24) is 4.90 Å². The van der Waals surface area contributed by atoms with Crippen molar-refractivity contribution >= 4 is 12.1 Å². The van der Waals surface area contributed by atoms with Gasteiger partial charge in [0.25, 0.3) is 0 Å². The largest absolute Gasteiger partial charge is 0.390 e. The summed E-state index contributed by atoms with van der Waals surface area (Å²) in [5.41, 5.74) is 1.22. The van der Waals surface area contributed by atoms with Gasteiger partial charge in [-0.1, -0.05) is 5.69 Å². The van der Waals surface area contributed by atoms with E-state index in [1.165, 1.54) is 5.69 Å². The van der Waals surface area contributed by atoms with Crippen molar-refractivity contribution in [3.63, 3.8) is 0 Å². The number of nitrogens with zero attached hydrogens (tertiary/aromatic N) is 2. The molecule has 1 fully saturated rings. The first-order valence-corrected chi connectivity index (χ1v) is 4.80. The van der Waals surface area contributed by atoms with Gasteiger partial charge in [0.2, 0.25) is 6.41 Å². The number of amides is 1. The molecule has 1 aliphatic rings. The first-order chi connectivity index (χ1) is 6.90. The molecule has 81 valence electrons. The van der Waals surface area contributed by atoms with Crippen LogP contribution in [0.5, 0.6) is 0 Å². The summed E-state index contributed by atoms with van der Waals surface area (Å²) >= 11 is 0. The van der Waals surface area contributed by atoms with Gasteiger partial charge in [0.1, 0.15) is 0 Å². The zero-order valence-corrected chi connectivity index (χ0v) is 11.1. The van der Waals surface area contributed by atoms with Crippen molar-refractivity contribution in [2.45, 2.75) is 0 Å². The van der Waals surface area contributed by atoms with Crippen LogP contribution in [0, 0.1) is 6.07 Å². The molecule has 0 aliphatic carbocycles. The van der Waals surface area contributed by atoms with E-state index < -0.39 is 0 Å². The quantitative estimate of drug-likeness (QED) is 0.563. The van der Waals surface area contributed by atoms with Gasteiger partial charge >= 0.3 is 0 Å². The predicted octanol–water partition coefficient (Wildman–Crippen LogP) is 0.763. The number of anilines is 1. The maximum absolute atomic E-state index is 10.5. The average molecular weight is 375 g/mol. The normalized spacial score (nSPS) is 15.7. The van der Waals surface area contributed by atoms with E-state index in [1.807, 2.05) is 17.0 Å². The van der Waals surface area contributed by atoms with E-state index in [9.17, 15) is 4.79 Å². The number of piperazine rings is 1. The van der Waals surface area contributed by atoms with Gasteiger partial charge in [0, 0.05) is 46.6 Å². The number of benzene rings is 1. The molecule has 1 aromatic rings. The van der Waals surface area contributed by atoms with E-state index in [-0.39, 0.29) is 20.4 Å². The molecule has 1 aliphatic heterocycles. The van der Waals surface area contributed by atoms with Crippen LogP contribution in [0.2, 0.25) is 0 Å². The monoisotopic (exact) mass is 376 g/mol. The molecule has 15 heavy (non-hydrogen) atoms. The van der Waals surface area contributed by atoms with Crippen LogP contribution in [-0.2, 0) is 25.2 Å². The minimum Gasteiger partial charge on any atom is -0.390 e. The van der Waals surface area contributed by atoms with Crippen LogP contribution in [0.1, 0.15) is 0 Å². The van der Waals surface area contributed by atoms with Crippen LogP contribution in [0.15, 0.2) is 24.3 Å². The zero-order chi connectivity index (χ0) is 9.80. The van der Waals surface area contributed by atoms with E-state index >= 15 is 0 Å². The summed E-state index contributed by atoms with van der Waals surface area (Å²) < 4.78 is 0. The fourth-order valence-electron chi connectivity index (χ4n) is 1.67. The zero-order valence-electron chi connectivity index (χ0n) is 8.40. The van der Waals surface area contributed by atoms with Crippen molar-refractivity contribution < 1.29 is 25.2 Å². The van der Waals surface area contributed by atoms with Gasteiger partial charge in [-0.05, 0) is 0 Å². The second kappa shape index (κ2) is 5.89. The Morgan fingerprint density at radius 3 is 2.27 bits per heavy atom. The molecule has 3 nitrogen and oxygen atoms in total. The Labute approximate surface area is 104 Å². The molecular weight excluding hydrogens is 362 g/mol. The van der Waals surface area contributed by atoms with E-state index in [0.717, 1.165) is 32.6 Å². The molecule has 4 heteroatoms. The maximum atomic E-state index is 10.5. The molecule has 0 saturated carbocycles. The van der Waals surface area contributed by atoms with Crippen LogP contribution in [0.25, 0.3) is 0 Å². The molecule has 0 bridgehead atoms. The topological polar surface area (TPSA) is 23.6 Å². The summed E-state index contributed by atoms with van der Waals surface area (Å²) in [6, 6.07) is 10.9. The fraction of sp³-hybridized carbons (Fsp3) is 0.364. The Morgan fingerprint density at radius 2 is 1.73 bits per heavy atom. The summed E-state index contributed by atoms with van der Waals surface area (Å²) in [7, 11) is 0. The van der Waals surface area contributed by atoms with Crippen molar-refractivity contribution in [2.24, 2.45) is 0 Å². The van der Waals surface area contributed by atoms with Crippen molar-refractivity contribution in [3.05, 3.63) is 30.3 Å². The molecule has 1 saturated heterocycles. The maximum Gasteiger partial charge on any atom is 0.209 e. The Bertz CT molecular complexity index is 297.